The van der Waals surface area contributed by atoms with Gasteiger partial charge in [0.25, 0.3) is 5.91 Å². The summed E-state index contributed by atoms with van der Waals surface area (Å²) >= 11 is 1.49. The number of hydrogen-bond donors (Lipinski definition) is 1. The average molecular weight is 337 g/mol. The highest BCUT2D eigenvalue weighted by atomic mass is 32.1. The molecule has 1 aromatic rings. The van der Waals surface area contributed by atoms with Crippen molar-refractivity contribution in [3.8, 4) is 0 Å². The summed E-state index contributed by atoms with van der Waals surface area (Å²) in [5, 5.41) is 9.92. The van der Waals surface area contributed by atoms with E-state index in [9.17, 15) is 9.90 Å². The van der Waals surface area contributed by atoms with Crippen LogP contribution in [0.5, 0.6) is 0 Å². The van der Waals surface area contributed by atoms with Crippen LogP contribution in [0.1, 0.15) is 60.8 Å². The quantitative estimate of drug-likeness (QED) is 0.916. The highest BCUT2D eigenvalue weighted by molar-refractivity contribution is 7.11. The number of carbonyl (C=O) groups excluding carboxylic acids is 1. The van der Waals surface area contributed by atoms with Crippen molar-refractivity contribution in [2.45, 2.75) is 51.0 Å². The lowest BCUT2D eigenvalue weighted by Crippen LogP contribution is -2.52. The predicted octanol–water partition coefficient (Wildman–Crippen LogP) is 2.33. The number of β-amino-alcohol motifs (C(OH)–C–C–N with tert-alkyl or cyclic N) is 1. The summed E-state index contributed by atoms with van der Waals surface area (Å²) in [7, 11) is 0. The van der Waals surface area contributed by atoms with Crippen LogP contribution in [0.2, 0.25) is 0 Å². The first-order chi connectivity index (χ1) is 10.9. The summed E-state index contributed by atoms with van der Waals surface area (Å²) < 4.78 is 0. The van der Waals surface area contributed by atoms with Crippen LogP contribution in [-0.4, -0.2) is 64.1 Å². The van der Waals surface area contributed by atoms with E-state index in [1.165, 1.54) is 37.0 Å². The zero-order valence-electron chi connectivity index (χ0n) is 14.1. The van der Waals surface area contributed by atoms with Crippen LogP contribution in [0.3, 0.4) is 0 Å². The molecule has 0 bridgehead atoms. The van der Waals surface area contributed by atoms with Crippen molar-refractivity contribution in [3.63, 3.8) is 0 Å². The fraction of sp³-hybridized carbons (Fsp3) is 0.765. The summed E-state index contributed by atoms with van der Waals surface area (Å²) in [5.41, 5.74) is 2.18. The Labute approximate surface area is 142 Å². The molecule has 0 atom stereocenters. The third kappa shape index (κ3) is 4.11. The minimum Gasteiger partial charge on any atom is -0.389 e. The third-order valence-electron chi connectivity index (χ3n) is 4.80. The van der Waals surface area contributed by atoms with Gasteiger partial charge in [0.1, 0.15) is 4.88 Å². The van der Waals surface area contributed by atoms with E-state index in [-0.39, 0.29) is 5.91 Å². The lowest BCUT2D eigenvalue weighted by Gasteiger charge is -2.37. The van der Waals surface area contributed by atoms with Crippen molar-refractivity contribution in [2.24, 2.45) is 0 Å². The number of amides is 1. The van der Waals surface area contributed by atoms with Gasteiger partial charge in [0.05, 0.1) is 16.8 Å². The second-order valence-electron chi connectivity index (χ2n) is 7.43. The molecule has 1 aliphatic carbocycles. The van der Waals surface area contributed by atoms with Gasteiger partial charge in [-0.15, -0.1) is 11.3 Å². The Morgan fingerprint density at radius 1 is 1.30 bits per heavy atom. The zero-order chi connectivity index (χ0) is 16.4. The monoisotopic (exact) mass is 337 g/mol. The van der Waals surface area contributed by atoms with E-state index in [0.29, 0.717) is 12.5 Å². The topological polar surface area (TPSA) is 56.7 Å². The average Bonchev–Trinajstić information content (AvgIpc) is 3.16. The maximum atomic E-state index is 12.9. The number of carbonyl (C=O) groups is 1. The molecular weight excluding hydrogens is 310 g/mol. The molecule has 2 fully saturated rings. The number of nitrogens with zero attached hydrogens (tertiary/aromatic N) is 3. The molecule has 1 amide bonds. The zero-order valence-corrected chi connectivity index (χ0v) is 14.9. The van der Waals surface area contributed by atoms with Crippen molar-refractivity contribution in [3.05, 3.63) is 16.1 Å². The smallest absolute Gasteiger partial charge is 0.265 e. The Hall–Kier alpha value is -0.980. The van der Waals surface area contributed by atoms with E-state index in [1.54, 1.807) is 0 Å². The van der Waals surface area contributed by atoms with E-state index >= 15 is 0 Å². The molecule has 0 unspecified atom stereocenters. The first-order valence-electron chi connectivity index (χ1n) is 8.61. The molecule has 1 N–H and O–H groups in total. The van der Waals surface area contributed by atoms with Gasteiger partial charge in [-0.3, -0.25) is 9.69 Å². The van der Waals surface area contributed by atoms with E-state index in [0.717, 1.165) is 36.8 Å². The lowest BCUT2D eigenvalue weighted by molar-refractivity contribution is 0.0179. The fourth-order valence-corrected chi connectivity index (χ4v) is 4.55. The molecular formula is C17H27N3O2S. The maximum absolute atomic E-state index is 12.9. The second-order valence-corrected chi connectivity index (χ2v) is 8.28. The van der Waals surface area contributed by atoms with Gasteiger partial charge in [-0.25, -0.2) is 4.98 Å². The molecule has 0 radical (unpaired) electrons. The first-order valence-corrected chi connectivity index (χ1v) is 9.49. The van der Waals surface area contributed by atoms with Crippen molar-refractivity contribution in [2.75, 3.05) is 32.7 Å². The van der Waals surface area contributed by atoms with Crippen molar-refractivity contribution in [1.82, 2.24) is 14.8 Å². The highest BCUT2D eigenvalue weighted by Gasteiger charge is 2.30. The standard InChI is InChI=1S/C17H27N3O2S/c1-17(2,22)11-19-7-9-20(10-8-19)16(21)15-14(18-12-23-15)13-5-3-4-6-13/h12-13,22H,3-11H2,1-2H3. The van der Waals surface area contributed by atoms with Crippen LogP contribution < -0.4 is 0 Å². The Morgan fingerprint density at radius 3 is 2.57 bits per heavy atom. The minimum absolute atomic E-state index is 0.150. The van der Waals surface area contributed by atoms with Crippen molar-refractivity contribution < 1.29 is 9.90 Å². The molecule has 5 nitrogen and oxygen atoms in total. The molecule has 0 aromatic carbocycles. The molecule has 128 valence electrons. The number of hydrogen-bond acceptors (Lipinski definition) is 5. The predicted molar refractivity (Wildman–Crippen MR) is 92.0 cm³/mol. The lowest BCUT2D eigenvalue weighted by atomic mass is 10.0. The van der Waals surface area contributed by atoms with Crippen LogP contribution >= 0.6 is 11.3 Å². The van der Waals surface area contributed by atoms with Crippen LogP contribution in [0.4, 0.5) is 0 Å². The van der Waals surface area contributed by atoms with Crippen LogP contribution in [-0.2, 0) is 0 Å². The van der Waals surface area contributed by atoms with Crippen LogP contribution in [0, 0.1) is 0 Å². The SMILES string of the molecule is CC(C)(O)CN1CCN(C(=O)c2scnc2C2CCCC2)CC1. The number of aromatic nitrogens is 1. The van der Waals surface area contributed by atoms with E-state index in [2.05, 4.69) is 9.88 Å². The van der Waals surface area contributed by atoms with Gasteiger partial charge in [0.15, 0.2) is 0 Å². The Balaban J connectivity index is 1.61. The van der Waals surface area contributed by atoms with Crippen LogP contribution in [0.25, 0.3) is 0 Å². The summed E-state index contributed by atoms with van der Waals surface area (Å²) in [6, 6.07) is 0. The second kappa shape index (κ2) is 6.87. The molecule has 1 saturated heterocycles. The maximum Gasteiger partial charge on any atom is 0.265 e. The van der Waals surface area contributed by atoms with Crippen molar-refractivity contribution in [1.29, 1.82) is 0 Å². The molecule has 23 heavy (non-hydrogen) atoms. The van der Waals surface area contributed by atoms with Gasteiger partial charge in [-0.2, -0.15) is 0 Å². The van der Waals surface area contributed by atoms with Gasteiger partial charge >= 0.3 is 0 Å². The molecule has 1 saturated carbocycles. The first kappa shape index (κ1) is 16.9. The number of rotatable bonds is 4. The third-order valence-corrected chi connectivity index (χ3v) is 5.63. The fourth-order valence-electron chi connectivity index (χ4n) is 3.70. The van der Waals surface area contributed by atoms with Gasteiger partial charge in [0, 0.05) is 38.6 Å². The van der Waals surface area contributed by atoms with Gasteiger partial charge in [-0.05, 0) is 26.7 Å². The largest absolute Gasteiger partial charge is 0.389 e. The minimum atomic E-state index is -0.681. The molecule has 1 aliphatic heterocycles. The summed E-state index contributed by atoms with van der Waals surface area (Å²) in [4.78, 5) is 22.4. The van der Waals surface area contributed by atoms with Gasteiger partial charge < -0.3 is 10.0 Å². The molecule has 2 heterocycles. The summed E-state index contributed by atoms with van der Waals surface area (Å²) in [6.45, 7) is 7.43. The molecule has 3 rings (SSSR count). The number of aliphatic hydroxyl groups is 1. The Kier molecular flexibility index (Phi) is 5.04. The molecule has 1 aromatic heterocycles. The van der Waals surface area contributed by atoms with Crippen molar-refractivity contribution >= 4 is 17.2 Å². The van der Waals surface area contributed by atoms with Gasteiger partial charge in [-0.1, -0.05) is 12.8 Å². The van der Waals surface area contributed by atoms with E-state index < -0.39 is 5.60 Å². The highest BCUT2D eigenvalue weighted by Crippen LogP contribution is 2.36. The molecule has 0 spiro atoms. The van der Waals surface area contributed by atoms with E-state index in [1.807, 2.05) is 24.3 Å². The molecule has 6 heteroatoms. The van der Waals surface area contributed by atoms with Crippen LogP contribution in [0.15, 0.2) is 5.51 Å². The van der Waals surface area contributed by atoms with E-state index in [4.69, 9.17) is 0 Å². The Morgan fingerprint density at radius 2 is 1.96 bits per heavy atom. The number of thiazole rings is 1. The molecule has 2 aliphatic rings. The summed E-state index contributed by atoms with van der Waals surface area (Å²) in [6.07, 6.45) is 4.85. The normalized spacial score (nSPS) is 21.1. The summed E-state index contributed by atoms with van der Waals surface area (Å²) in [5.74, 6) is 0.633. The van der Waals surface area contributed by atoms with Gasteiger partial charge in [0.2, 0.25) is 0 Å². The Bertz CT molecular complexity index is 538. The number of piperazine rings is 1.